The van der Waals surface area contributed by atoms with Crippen LogP contribution in [-0.4, -0.2) is 65.6 Å². The van der Waals surface area contributed by atoms with Crippen LogP contribution in [0.25, 0.3) is 10.9 Å². The number of halogens is 2. The molecule has 0 bridgehead atoms. The van der Waals surface area contributed by atoms with Gasteiger partial charge in [-0.1, -0.05) is 63.6 Å². The lowest BCUT2D eigenvalue weighted by molar-refractivity contribution is -0.00987. The van der Waals surface area contributed by atoms with Gasteiger partial charge < -0.3 is 19.9 Å². The van der Waals surface area contributed by atoms with Crippen molar-refractivity contribution < 1.29 is 19.0 Å². The number of nitrogens with one attached hydrogen (secondary N) is 2. The van der Waals surface area contributed by atoms with Gasteiger partial charge in [0.15, 0.2) is 17.3 Å². The molecule has 40 heavy (non-hydrogen) atoms. The standard InChI is InChI=1S/C25H33ClFN5O3.C5H10/c1-6-16(13-32(4)14-25(3,33)30-7-2)35-22-11-17-20(12-21(22)34-5)28-15-29-24(17)31-19-10-8-9-18(26)23(19)27;1-2-4-5-3-1/h8-12,15-16,30,33H,6-7,13-14H2,1-5H3,(H,28,29,31);1-5H2/t16?,25-;/m1./s1. The van der Waals surface area contributed by atoms with Crippen LogP contribution in [0, 0.1) is 5.82 Å². The normalized spacial score (nSPS) is 15.3. The van der Waals surface area contributed by atoms with Crippen molar-refractivity contribution in [2.24, 2.45) is 0 Å². The number of anilines is 2. The smallest absolute Gasteiger partial charge is 0.165 e. The van der Waals surface area contributed by atoms with Crippen LogP contribution >= 0.6 is 11.6 Å². The van der Waals surface area contributed by atoms with Gasteiger partial charge in [0.05, 0.1) is 23.3 Å². The Morgan fingerprint density at radius 3 is 2.45 bits per heavy atom. The Morgan fingerprint density at radius 1 is 1.12 bits per heavy atom. The lowest BCUT2D eigenvalue weighted by Crippen LogP contribution is -2.51. The number of benzene rings is 2. The van der Waals surface area contributed by atoms with Crippen molar-refractivity contribution >= 4 is 34.0 Å². The lowest BCUT2D eigenvalue weighted by Gasteiger charge is -2.32. The quantitative estimate of drug-likeness (QED) is 0.210. The summed E-state index contributed by atoms with van der Waals surface area (Å²) in [5.74, 6) is 0.893. The number of aromatic nitrogens is 2. The summed E-state index contributed by atoms with van der Waals surface area (Å²) >= 11 is 5.93. The summed E-state index contributed by atoms with van der Waals surface area (Å²) in [6.45, 7) is 7.42. The van der Waals surface area contributed by atoms with Gasteiger partial charge in [-0.15, -0.1) is 0 Å². The van der Waals surface area contributed by atoms with Crippen molar-refractivity contribution in [2.75, 3.05) is 39.1 Å². The zero-order chi connectivity index (χ0) is 29.1. The second-order valence-electron chi connectivity index (χ2n) is 10.4. The van der Waals surface area contributed by atoms with E-state index in [9.17, 15) is 9.50 Å². The van der Waals surface area contributed by atoms with E-state index in [0.29, 0.717) is 47.9 Å². The molecule has 3 aromatic rings. The molecule has 8 nitrogen and oxygen atoms in total. The number of fused-ring (bicyclic) bond motifs is 1. The Hall–Kier alpha value is -2.72. The minimum absolute atomic E-state index is 0.0158. The molecule has 4 rings (SSSR count). The van der Waals surface area contributed by atoms with Crippen LogP contribution in [0.5, 0.6) is 11.5 Å². The molecule has 1 aliphatic carbocycles. The number of likely N-dealkylation sites (N-methyl/N-ethyl adjacent to an activating group) is 2. The number of ether oxygens (including phenoxy) is 2. The van der Waals surface area contributed by atoms with Crippen LogP contribution in [0.3, 0.4) is 0 Å². The van der Waals surface area contributed by atoms with Gasteiger partial charge >= 0.3 is 0 Å². The van der Waals surface area contributed by atoms with Gasteiger partial charge in [-0.3, -0.25) is 10.2 Å². The molecule has 2 aromatic carbocycles. The maximum Gasteiger partial charge on any atom is 0.165 e. The van der Waals surface area contributed by atoms with Crippen LogP contribution in [0.15, 0.2) is 36.7 Å². The molecule has 3 N–H and O–H groups in total. The molecule has 2 atom stereocenters. The monoisotopic (exact) mass is 575 g/mol. The number of rotatable bonds is 12. The highest BCUT2D eigenvalue weighted by molar-refractivity contribution is 6.31. The highest BCUT2D eigenvalue weighted by Crippen LogP contribution is 2.36. The SMILES string of the molecule is C1CCCC1.CCN[C@](C)(O)CN(C)CC(CC)Oc1cc2c(Nc3cccc(Cl)c3F)ncnc2cc1OC. The molecule has 1 saturated carbocycles. The number of methoxy groups -OCH3 is 1. The first-order valence-electron chi connectivity index (χ1n) is 14.0. The van der Waals surface area contributed by atoms with Crippen LogP contribution in [0.1, 0.15) is 59.3 Å². The molecule has 1 aromatic heterocycles. The number of aliphatic hydroxyl groups is 1. The van der Waals surface area contributed by atoms with Gasteiger partial charge in [0.25, 0.3) is 0 Å². The van der Waals surface area contributed by atoms with E-state index in [2.05, 4.69) is 20.6 Å². The van der Waals surface area contributed by atoms with E-state index < -0.39 is 11.5 Å². The van der Waals surface area contributed by atoms with E-state index in [1.54, 1.807) is 38.3 Å². The Balaban J connectivity index is 0.000000792. The van der Waals surface area contributed by atoms with Crippen LogP contribution < -0.4 is 20.1 Å². The van der Waals surface area contributed by atoms with E-state index in [-0.39, 0.29) is 16.8 Å². The predicted octanol–water partition coefficient (Wildman–Crippen LogP) is 6.53. The second-order valence-corrected chi connectivity index (χ2v) is 10.8. The van der Waals surface area contributed by atoms with Crippen molar-refractivity contribution in [3.8, 4) is 11.5 Å². The summed E-state index contributed by atoms with van der Waals surface area (Å²) in [7, 11) is 3.50. The number of hydrogen-bond acceptors (Lipinski definition) is 8. The van der Waals surface area contributed by atoms with Gasteiger partial charge in [-0.25, -0.2) is 14.4 Å². The molecule has 0 spiro atoms. The largest absolute Gasteiger partial charge is 0.493 e. The molecular formula is C30H43ClFN5O3. The molecule has 0 aliphatic heterocycles. The van der Waals surface area contributed by atoms with Gasteiger partial charge in [-0.05, 0) is 45.1 Å². The molecule has 0 radical (unpaired) electrons. The third kappa shape index (κ3) is 9.16. The zero-order valence-electron chi connectivity index (χ0n) is 24.3. The van der Waals surface area contributed by atoms with E-state index in [0.717, 1.165) is 6.42 Å². The molecule has 1 unspecified atom stereocenters. The lowest BCUT2D eigenvalue weighted by atomic mass is 10.1. The summed E-state index contributed by atoms with van der Waals surface area (Å²) in [6.07, 6.45) is 9.46. The molecule has 1 heterocycles. The molecule has 220 valence electrons. The Labute approximate surface area is 242 Å². The Morgan fingerprint density at radius 2 is 1.82 bits per heavy atom. The van der Waals surface area contributed by atoms with E-state index >= 15 is 0 Å². The third-order valence-electron chi connectivity index (χ3n) is 6.78. The molecule has 1 fully saturated rings. The van der Waals surface area contributed by atoms with Crippen molar-refractivity contribution in [1.82, 2.24) is 20.2 Å². The van der Waals surface area contributed by atoms with Crippen LogP contribution in [0.2, 0.25) is 5.02 Å². The third-order valence-corrected chi connectivity index (χ3v) is 7.07. The molecular weight excluding hydrogens is 533 g/mol. The highest BCUT2D eigenvalue weighted by atomic mass is 35.5. The number of hydrogen-bond donors (Lipinski definition) is 3. The number of nitrogens with zero attached hydrogens (tertiary/aromatic N) is 3. The fraction of sp³-hybridized carbons (Fsp3) is 0.533. The van der Waals surface area contributed by atoms with Gasteiger partial charge in [0.1, 0.15) is 24.0 Å². The van der Waals surface area contributed by atoms with Crippen LogP contribution in [0.4, 0.5) is 15.9 Å². The first-order chi connectivity index (χ1) is 19.2. The first kappa shape index (κ1) is 31.8. The fourth-order valence-corrected chi connectivity index (χ4v) is 5.01. The average molecular weight is 576 g/mol. The maximum absolute atomic E-state index is 14.5. The molecule has 1 aliphatic rings. The molecule has 0 saturated heterocycles. The van der Waals surface area contributed by atoms with Crippen molar-refractivity contribution in [3.05, 3.63) is 47.5 Å². The van der Waals surface area contributed by atoms with Crippen molar-refractivity contribution in [3.63, 3.8) is 0 Å². The van der Waals surface area contributed by atoms with Gasteiger partial charge in [0, 0.05) is 24.5 Å². The molecule has 0 amide bonds. The van der Waals surface area contributed by atoms with E-state index in [4.69, 9.17) is 21.1 Å². The molecule has 10 heteroatoms. The highest BCUT2D eigenvalue weighted by Gasteiger charge is 2.23. The Bertz CT molecular complexity index is 1220. The zero-order valence-corrected chi connectivity index (χ0v) is 25.0. The summed E-state index contributed by atoms with van der Waals surface area (Å²) in [5, 5.41) is 17.2. The Kier molecular flexibility index (Phi) is 12.2. The summed E-state index contributed by atoms with van der Waals surface area (Å²) in [6, 6.07) is 8.27. The van der Waals surface area contributed by atoms with Gasteiger partial charge in [0.2, 0.25) is 0 Å². The van der Waals surface area contributed by atoms with Gasteiger partial charge in [-0.2, -0.15) is 0 Å². The summed E-state index contributed by atoms with van der Waals surface area (Å²) < 4.78 is 26.4. The first-order valence-corrected chi connectivity index (χ1v) is 14.4. The van der Waals surface area contributed by atoms with Crippen molar-refractivity contribution in [2.45, 2.75) is 71.1 Å². The summed E-state index contributed by atoms with van der Waals surface area (Å²) in [4.78, 5) is 10.6. The average Bonchev–Trinajstić information content (AvgIpc) is 3.51. The van der Waals surface area contributed by atoms with Crippen molar-refractivity contribution in [1.29, 1.82) is 0 Å². The fourth-order valence-electron chi connectivity index (χ4n) is 4.83. The minimum atomic E-state index is -1.00. The minimum Gasteiger partial charge on any atom is -0.493 e. The maximum atomic E-state index is 14.5. The van der Waals surface area contributed by atoms with Crippen LogP contribution in [-0.2, 0) is 0 Å². The summed E-state index contributed by atoms with van der Waals surface area (Å²) in [5.41, 5.74) is -0.187. The van der Waals surface area contributed by atoms with E-state index in [1.807, 2.05) is 25.8 Å². The topological polar surface area (TPSA) is 91.8 Å². The van der Waals surface area contributed by atoms with E-state index in [1.165, 1.54) is 44.5 Å². The predicted molar refractivity (Wildman–Crippen MR) is 160 cm³/mol. The second kappa shape index (κ2) is 15.3.